The van der Waals surface area contributed by atoms with Gasteiger partial charge in [0, 0.05) is 11.4 Å². The molecule has 1 rings (SSSR count). The molecule has 18 heavy (non-hydrogen) atoms. The third-order valence-corrected chi connectivity index (χ3v) is 2.88. The van der Waals surface area contributed by atoms with Crippen LogP contribution in [0.2, 0.25) is 0 Å². The van der Waals surface area contributed by atoms with E-state index in [9.17, 15) is 4.79 Å². The first-order valence-electron chi connectivity index (χ1n) is 5.09. The van der Waals surface area contributed by atoms with Crippen LogP contribution in [-0.4, -0.2) is 19.1 Å². The second-order valence-electron chi connectivity index (χ2n) is 3.23. The largest absolute Gasteiger partial charge is 0.511 e. The van der Waals surface area contributed by atoms with Gasteiger partial charge in [0.05, 0.1) is 4.47 Å². The maximum Gasteiger partial charge on any atom is 0.511 e. The number of hydrogen-bond acceptors (Lipinski definition) is 4. The van der Waals surface area contributed by atoms with E-state index in [1.165, 1.54) is 6.08 Å². The summed E-state index contributed by atoms with van der Waals surface area (Å²) in [5, 5.41) is 0. The van der Waals surface area contributed by atoms with Gasteiger partial charge in [-0.25, -0.2) is 4.79 Å². The monoisotopic (exact) mass is 378 g/mol. The van der Waals surface area contributed by atoms with Crippen LogP contribution in [0.4, 0.5) is 4.79 Å². The summed E-state index contributed by atoms with van der Waals surface area (Å²) in [5.74, 6) is 0.572. The molecule has 0 aromatic heterocycles. The first kappa shape index (κ1) is 15.0. The minimum Gasteiger partial charge on any atom is -0.454 e. The lowest BCUT2D eigenvalue weighted by Gasteiger charge is -2.15. The van der Waals surface area contributed by atoms with Gasteiger partial charge in [-0.15, -0.1) is 0 Å². The average Bonchev–Trinajstić information content (AvgIpc) is 2.30. The molecule has 98 valence electrons. The second kappa shape index (κ2) is 7.43. The van der Waals surface area contributed by atoms with Gasteiger partial charge in [-0.1, -0.05) is 28.6 Å². The Morgan fingerprint density at radius 1 is 1.50 bits per heavy atom. The molecule has 1 aromatic carbocycles. The molecule has 0 saturated carbocycles. The molecule has 0 aliphatic rings. The Bertz CT molecular complexity index is 434. The van der Waals surface area contributed by atoms with Crippen molar-refractivity contribution in [2.24, 2.45) is 0 Å². The fourth-order valence-electron chi connectivity index (χ4n) is 1.07. The van der Waals surface area contributed by atoms with E-state index in [0.29, 0.717) is 5.75 Å². The lowest BCUT2D eigenvalue weighted by atomic mass is 10.3. The third-order valence-electron chi connectivity index (χ3n) is 1.77. The summed E-state index contributed by atoms with van der Waals surface area (Å²) < 4.78 is 16.7. The second-order valence-corrected chi connectivity index (χ2v) is 5.00. The molecule has 0 N–H and O–H groups in total. The van der Waals surface area contributed by atoms with E-state index >= 15 is 0 Å². The molecule has 0 fully saturated rings. The highest BCUT2D eigenvalue weighted by Crippen LogP contribution is 2.29. The summed E-state index contributed by atoms with van der Waals surface area (Å²) in [6.07, 6.45) is -0.0895. The summed E-state index contributed by atoms with van der Waals surface area (Å²) in [7, 11) is 0. The zero-order chi connectivity index (χ0) is 13.5. The molecule has 0 spiro atoms. The molecule has 0 bridgehead atoms. The Hall–Kier alpha value is -1.01. The molecule has 1 aromatic rings. The van der Waals surface area contributed by atoms with Crippen LogP contribution in [0.3, 0.4) is 0 Å². The highest BCUT2D eigenvalue weighted by atomic mass is 79.9. The van der Waals surface area contributed by atoms with Crippen molar-refractivity contribution in [3.8, 4) is 5.75 Å². The maximum atomic E-state index is 11.2. The summed E-state index contributed by atoms with van der Waals surface area (Å²) >= 11 is 6.67. The Morgan fingerprint density at radius 2 is 2.22 bits per heavy atom. The molecule has 0 aliphatic heterocycles. The van der Waals surface area contributed by atoms with Gasteiger partial charge in [-0.3, -0.25) is 0 Å². The summed E-state index contributed by atoms with van der Waals surface area (Å²) in [6, 6.07) is 5.41. The number of ether oxygens (including phenoxy) is 3. The highest BCUT2D eigenvalue weighted by molar-refractivity contribution is 9.11. The fraction of sp³-hybridized carbons (Fsp3) is 0.250. The lowest BCUT2D eigenvalue weighted by Crippen LogP contribution is -2.21. The van der Waals surface area contributed by atoms with Crippen LogP contribution in [0.1, 0.15) is 6.92 Å². The molecule has 4 nitrogen and oxygen atoms in total. The number of rotatable bonds is 5. The maximum absolute atomic E-state index is 11.2. The van der Waals surface area contributed by atoms with Crippen molar-refractivity contribution >= 4 is 38.0 Å². The lowest BCUT2D eigenvalue weighted by molar-refractivity contribution is -0.0507. The van der Waals surface area contributed by atoms with Crippen molar-refractivity contribution in [3.63, 3.8) is 0 Å². The minimum atomic E-state index is -0.796. The molecule has 0 radical (unpaired) electrons. The van der Waals surface area contributed by atoms with Gasteiger partial charge in [0.2, 0.25) is 6.29 Å². The number of hydrogen-bond donors (Lipinski definition) is 0. The normalized spacial score (nSPS) is 11.5. The Labute approximate surface area is 122 Å². The van der Waals surface area contributed by atoms with Gasteiger partial charge in [0.25, 0.3) is 0 Å². The molecule has 0 saturated heterocycles. The van der Waals surface area contributed by atoms with E-state index in [2.05, 4.69) is 43.2 Å². The number of benzene rings is 1. The molecule has 1 unspecified atom stereocenters. The highest BCUT2D eigenvalue weighted by Gasteiger charge is 2.13. The predicted molar refractivity (Wildman–Crippen MR) is 74.6 cm³/mol. The number of carbonyl (C=O) groups is 1. The first-order valence-corrected chi connectivity index (χ1v) is 6.67. The van der Waals surface area contributed by atoms with Crippen LogP contribution < -0.4 is 4.74 Å². The Balaban J connectivity index is 2.51. The summed E-state index contributed by atoms with van der Waals surface area (Å²) in [5.41, 5.74) is 0. The molecule has 0 heterocycles. The standard InChI is InChI=1S/C12H12Br2O4/c1-3-6-16-12(15)18-8(2)17-11-5-4-9(13)7-10(11)14/h3-5,7-8H,1,6H2,2H3. The molecule has 0 amide bonds. The van der Waals surface area contributed by atoms with Crippen molar-refractivity contribution in [2.45, 2.75) is 13.2 Å². The van der Waals surface area contributed by atoms with Crippen LogP contribution in [0, 0.1) is 0 Å². The zero-order valence-corrected chi connectivity index (χ0v) is 12.9. The molecule has 1 atom stereocenters. The van der Waals surface area contributed by atoms with E-state index in [-0.39, 0.29) is 6.61 Å². The van der Waals surface area contributed by atoms with Crippen LogP contribution in [0.5, 0.6) is 5.75 Å². The number of halogens is 2. The quantitative estimate of drug-likeness (QED) is 0.435. The third kappa shape index (κ3) is 5.10. The smallest absolute Gasteiger partial charge is 0.454 e. The van der Waals surface area contributed by atoms with Crippen LogP contribution >= 0.6 is 31.9 Å². The van der Waals surface area contributed by atoms with Crippen LogP contribution in [-0.2, 0) is 9.47 Å². The molecular formula is C12H12Br2O4. The van der Waals surface area contributed by atoms with Crippen LogP contribution in [0.15, 0.2) is 39.8 Å². The predicted octanol–water partition coefficient (Wildman–Crippen LogP) is 4.28. The van der Waals surface area contributed by atoms with Crippen molar-refractivity contribution in [1.29, 1.82) is 0 Å². The van der Waals surface area contributed by atoms with Crippen molar-refractivity contribution in [1.82, 2.24) is 0 Å². The summed E-state index contributed by atoms with van der Waals surface area (Å²) in [4.78, 5) is 11.2. The van der Waals surface area contributed by atoms with E-state index in [1.807, 2.05) is 12.1 Å². The van der Waals surface area contributed by atoms with E-state index in [0.717, 1.165) is 8.95 Å². The van der Waals surface area contributed by atoms with Crippen molar-refractivity contribution in [2.75, 3.05) is 6.61 Å². The van der Waals surface area contributed by atoms with Gasteiger partial charge < -0.3 is 14.2 Å². The van der Waals surface area contributed by atoms with E-state index in [4.69, 9.17) is 9.47 Å². The van der Waals surface area contributed by atoms with Gasteiger partial charge >= 0.3 is 6.16 Å². The van der Waals surface area contributed by atoms with Crippen molar-refractivity contribution < 1.29 is 19.0 Å². The molecule has 6 heteroatoms. The average molecular weight is 380 g/mol. The summed E-state index contributed by atoms with van der Waals surface area (Å²) in [6.45, 7) is 5.13. The van der Waals surface area contributed by atoms with Gasteiger partial charge in [-0.2, -0.15) is 0 Å². The zero-order valence-electron chi connectivity index (χ0n) is 9.69. The Morgan fingerprint density at radius 3 is 2.83 bits per heavy atom. The van der Waals surface area contributed by atoms with Crippen LogP contribution in [0.25, 0.3) is 0 Å². The number of carbonyl (C=O) groups excluding carboxylic acids is 1. The Kier molecular flexibility index (Phi) is 6.21. The van der Waals surface area contributed by atoms with E-state index < -0.39 is 12.4 Å². The van der Waals surface area contributed by atoms with E-state index in [1.54, 1.807) is 13.0 Å². The molecular weight excluding hydrogens is 368 g/mol. The first-order chi connectivity index (χ1) is 8.52. The van der Waals surface area contributed by atoms with Gasteiger partial charge in [0.15, 0.2) is 0 Å². The van der Waals surface area contributed by atoms with Gasteiger partial charge in [-0.05, 0) is 34.1 Å². The topological polar surface area (TPSA) is 44.8 Å². The van der Waals surface area contributed by atoms with Gasteiger partial charge in [0.1, 0.15) is 12.4 Å². The van der Waals surface area contributed by atoms with Crippen molar-refractivity contribution in [3.05, 3.63) is 39.8 Å². The minimum absolute atomic E-state index is 0.105. The molecule has 0 aliphatic carbocycles. The SMILES string of the molecule is C=CCOC(=O)OC(C)Oc1ccc(Br)cc1Br. The fourth-order valence-corrected chi connectivity index (χ4v) is 2.21.